The van der Waals surface area contributed by atoms with Crippen LogP contribution < -0.4 is 9.47 Å². The Kier molecular flexibility index (Phi) is 9.52. The van der Waals surface area contributed by atoms with Gasteiger partial charge in [0.25, 0.3) is 0 Å². The molecule has 0 aliphatic heterocycles. The van der Waals surface area contributed by atoms with E-state index in [1.165, 1.54) is 0 Å². The minimum atomic E-state index is -0.770. The van der Waals surface area contributed by atoms with Crippen molar-refractivity contribution in [3.63, 3.8) is 0 Å². The van der Waals surface area contributed by atoms with Gasteiger partial charge >= 0.3 is 0 Å². The summed E-state index contributed by atoms with van der Waals surface area (Å²) in [4.78, 5) is 0. The van der Waals surface area contributed by atoms with Crippen LogP contribution in [0.2, 0.25) is 10.0 Å². The summed E-state index contributed by atoms with van der Waals surface area (Å²) >= 11 is 18.1. The molecule has 0 aromatic heterocycles. The maximum Gasteiger partial charge on any atom is 0.156 e. The lowest BCUT2D eigenvalue weighted by Gasteiger charge is -2.14. The minimum Gasteiger partial charge on any atom is -0.494 e. The fraction of sp³-hybridized carbons (Fsp3) is 0.400. The van der Waals surface area contributed by atoms with Gasteiger partial charge in [-0.2, -0.15) is 0 Å². The molecule has 1 atom stereocenters. The van der Waals surface area contributed by atoms with Crippen molar-refractivity contribution < 1.29 is 19.3 Å². The van der Waals surface area contributed by atoms with E-state index in [0.717, 1.165) is 23.3 Å². The van der Waals surface area contributed by atoms with Crippen LogP contribution in [0, 0.1) is 0 Å². The summed E-state index contributed by atoms with van der Waals surface area (Å²) in [5.41, 5.74) is 2.07. The summed E-state index contributed by atoms with van der Waals surface area (Å²) in [6, 6.07) is 11.5. The van der Waals surface area contributed by atoms with Gasteiger partial charge in [0.05, 0.1) is 22.5 Å². The highest BCUT2D eigenvalue weighted by Gasteiger charge is 2.12. The highest BCUT2D eigenvalue weighted by atomic mass is 35.5. The van der Waals surface area contributed by atoms with Crippen LogP contribution in [0.4, 0.5) is 0 Å². The number of ether oxygens (including phenoxy) is 3. The third kappa shape index (κ3) is 7.40. The minimum absolute atomic E-state index is 0.0358. The normalized spacial score (nSPS) is 12.0. The molecule has 0 saturated heterocycles. The first kappa shape index (κ1) is 22.1. The Hall–Kier alpha value is -1.17. The fourth-order valence-electron chi connectivity index (χ4n) is 2.41. The molecule has 1 N–H and O–H groups in total. The predicted octanol–water partition coefficient (Wildman–Crippen LogP) is 4.98. The molecule has 0 saturated carbocycles. The summed E-state index contributed by atoms with van der Waals surface area (Å²) in [7, 11) is 1.68. The number of aliphatic hydroxyl groups is 1. The summed E-state index contributed by atoms with van der Waals surface area (Å²) in [5.74, 6) is 1.26. The number of rotatable bonds is 11. The maximum absolute atomic E-state index is 9.49. The van der Waals surface area contributed by atoms with Gasteiger partial charge in [0.1, 0.15) is 18.5 Å². The molecule has 0 amide bonds. The fourth-order valence-corrected chi connectivity index (χ4v) is 3.14. The van der Waals surface area contributed by atoms with Gasteiger partial charge in [0, 0.05) is 20.1 Å². The van der Waals surface area contributed by atoms with E-state index in [0.29, 0.717) is 35.4 Å². The van der Waals surface area contributed by atoms with Gasteiger partial charge < -0.3 is 19.3 Å². The topological polar surface area (TPSA) is 47.9 Å². The van der Waals surface area contributed by atoms with Crippen molar-refractivity contribution in [2.24, 2.45) is 0 Å². The van der Waals surface area contributed by atoms with Crippen LogP contribution in [-0.2, 0) is 11.2 Å². The van der Waals surface area contributed by atoms with Crippen LogP contribution in [0.3, 0.4) is 0 Å². The lowest BCUT2D eigenvalue weighted by Crippen LogP contribution is -2.19. The predicted molar refractivity (Wildman–Crippen MR) is 110 cm³/mol. The average Bonchev–Trinajstić information content (AvgIpc) is 2.65. The van der Waals surface area contributed by atoms with E-state index in [9.17, 15) is 5.11 Å². The van der Waals surface area contributed by atoms with Crippen LogP contribution in [0.5, 0.6) is 11.5 Å². The van der Waals surface area contributed by atoms with Crippen LogP contribution >= 0.6 is 34.8 Å². The Morgan fingerprint density at radius 1 is 0.963 bits per heavy atom. The smallest absolute Gasteiger partial charge is 0.156 e. The van der Waals surface area contributed by atoms with Gasteiger partial charge in [0.15, 0.2) is 5.75 Å². The number of benzene rings is 2. The van der Waals surface area contributed by atoms with Gasteiger partial charge in [0.2, 0.25) is 0 Å². The number of halogens is 3. The van der Waals surface area contributed by atoms with Gasteiger partial charge in [-0.25, -0.2) is 0 Å². The van der Waals surface area contributed by atoms with E-state index >= 15 is 0 Å². The van der Waals surface area contributed by atoms with Crippen LogP contribution in [-0.4, -0.2) is 44.0 Å². The van der Waals surface area contributed by atoms with Crippen molar-refractivity contribution in [1.29, 1.82) is 0 Å². The summed E-state index contributed by atoms with van der Waals surface area (Å²) in [5, 5.41) is 10.3. The molecule has 2 aromatic rings. The molecular weight excluding hydrogens is 411 g/mol. The van der Waals surface area contributed by atoms with Gasteiger partial charge in [-0.05, 0) is 41.8 Å². The lowest BCUT2D eigenvalue weighted by atomic mass is 10.0. The summed E-state index contributed by atoms with van der Waals surface area (Å²) in [6.07, 6.45) is 0.758. The molecule has 7 heteroatoms. The molecule has 0 heterocycles. The molecule has 0 fully saturated rings. The van der Waals surface area contributed by atoms with Gasteiger partial charge in [-0.1, -0.05) is 35.3 Å². The molecule has 0 bridgehead atoms. The molecule has 148 valence electrons. The second kappa shape index (κ2) is 11.6. The first-order chi connectivity index (χ1) is 13.0. The highest BCUT2D eigenvalue weighted by molar-refractivity contribution is 6.37. The monoisotopic (exact) mass is 432 g/mol. The number of hydrogen-bond acceptors (Lipinski definition) is 4. The van der Waals surface area contributed by atoms with Crippen molar-refractivity contribution >= 4 is 34.8 Å². The van der Waals surface area contributed by atoms with Crippen molar-refractivity contribution in [2.75, 3.05) is 32.8 Å². The Morgan fingerprint density at radius 2 is 1.63 bits per heavy atom. The standard InChI is InChI=1S/C20H23Cl3O4/c1-25-7-2-8-26-17-5-3-14(4-6-17)9-15-10-18(22)20(19(23)11-15)27-13-16(24)12-21/h3-6,10-11,16,24H,2,7-9,12-13H2,1H3. The lowest BCUT2D eigenvalue weighted by molar-refractivity contribution is 0.125. The van der Waals surface area contributed by atoms with E-state index in [1.807, 2.05) is 36.4 Å². The van der Waals surface area contributed by atoms with E-state index in [-0.39, 0.29) is 12.5 Å². The van der Waals surface area contributed by atoms with Crippen LogP contribution in [0.1, 0.15) is 17.5 Å². The third-order valence-corrected chi connectivity index (χ3v) is 4.67. The Bertz CT molecular complexity index is 684. The molecule has 0 radical (unpaired) electrons. The molecule has 0 spiro atoms. The number of aliphatic hydroxyl groups excluding tert-OH is 1. The molecule has 4 nitrogen and oxygen atoms in total. The molecule has 2 rings (SSSR count). The largest absolute Gasteiger partial charge is 0.494 e. The first-order valence-corrected chi connectivity index (χ1v) is 9.88. The summed E-state index contributed by atoms with van der Waals surface area (Å²) in [6.45, 7) is 1.34. The summed E-state index contributed by atoms with van der Waals surface area (Å²) < 4.78 is 16.1. The van der Waals surface area contributed by atoms with Crippen molar-refractivity contribution in [3.8, 4) is 11.5 Å². The molecule has 0 aliphatic rings. The van der Waals surface area contributed by atoms with Crippen LogP contribution in [0.15, 0.2) is 36.4 Å². The average molecular weight is 434 g/mol. The Labute approximate surface area is 174 Å². The molecule has 0 aliphatic carbocycles. The third-order valence-electron chi connectivity index (χ3n) is 3.75. The zero-order chi connectivity index (χ0) is 19.6. The molecule has 2 aromatic carbocycles. The SMILES string of the molecule is COCCCOc1ccc(Cc2cc(Cl)c(OCC(O)CCl)c(Cl)c2)cc1. The second-order valence-corrected chi connectivity index (χ2v) is 7.15. The highest BCUT2D eigenvalue weighted by Crippen LogP contribution is 2.35. The number of alkyl halides is 1. The van der Waals surface area contributed by atoms with E-state index < -0.39 is 6.10 Å². The molecule has 27 heavy (non-hydrogen) atoms. The quantitative estimate of drug-likeness (QED) is 0.401. The van der Waals surface area contributed by atoms with E-state index in [1.54, 1.807) is 7.11 Å². The Morgan fingerprint density at radius 3 is 2.22 bits per heavy atom. The van der Waals surface area contributed by atoms with Crippen molar-refractivity contribution in [2.45, 2.75) is 18.9 Å². The zero-order valence-electron chi connectivity index (χ0n) is 15.1. The van der Waals surface area contributed by atoms with Gasteiger partial charge in [-0.15, -0.1) is 11.6 Å². The van der Waals surface area contributed by atoms with Crippen LogP contribution in [0.25, 0.3) is 0 Å². The number of methoxy groups -OCH3 is 1. The number of hydrogen-bond donors (Lipinski definition) is 1. The first-order valence-electron chi connectivity index (χ1n) is 8.59. The van der Waals surface area contributed by atoms with Gasteiger partial charge in [-0.3, -0.25) is 0 Å². The Balaban J connectivity index is 1.96. The second-order valence-electron chi connectivity index (χ2n) is 6.02. The molecular formula is C20H23Cl3O4. The maximum atomic E-state index is 9.49. The molecule has 1 unspecified atom stereocenters. The van der Waals surface area contributed by atoms with E-state index in [2.05, 4.69) is 0 Å². The van der Waals surface area contributed by atoms with Crippen molar-refractivity contribution in [1.82, 2.24) is 0 Å². The zero-order valence-corrected chi connectivity index (χ0v) is 17.4. The van der Waals surface area contributed by atoms with Crippen molar-refractivity contribution in [3.05, 3.63) is 57.6 Å². The van der Waals surface area contributed by atoms with E-state index in [4.69, 9.17) is 49.0 Å².